The molecular weight excluding hydrogens is 372 g/mol. The smallest absolute Gasteiger partial charge is 0.258 e. The van der Waals surface area contributed by atoms with Gasteiger partial charge in [-0.3, -0.25) is 4.79 Å². The van der Waals surface area contributed by atoms with Crippen molar-refractivity contribution in [1.82, 2.24) is 10.0 Å². The molecule has 8 nitrogen and oxygen atoms in total. The molecule has 1 aromatic carbocycles. The highest BCUT2D eigenvalue weighted by atomic mass is 35.5. The quantitative estimate of drug-likeness (QED) is 0.538. The van der Waals surface area contributed by atoms with E-state index in [-0.39, 0.29) is 47.4 Å². The SMILES string of the molecule is COCCNS(=O)(=O)c1ccc(OCC(=O)N[C@H](C)COC)c(Cl)c1. The van der Waals surface area contributed by atoms with Gasteiger partial charge in [0.15, 0.2) is 6.61 Å². The summed E-state index contributed by atoms with van der Waals surface area (Å²) in [6.45, 7) is 2.34. The van der Waals surface area contributed by atoms with Crippen LogP contribution in [0.25, 0.3) is 0 Å². The summed E-state index contributed by atoms with van der Waals surface area (Å²) in [6, 6.07) is 3.86. The predicted molar refractivity (Wildman–Crippen MR) is 93.5 cm³/mol. The predicted octanol–water partition coefficient (Wildman–Crippen LogP) is 0.795. The molecule has 0 saturated carbocycles. The Bertz CT molecular complexity index is 668. The number of rotatable bonds is 11. The third-order valence-electron chi connectivity index (χ3n) is 2.99. The van der Waals surface area contributed by atoms with Gasteiger partial charge in [-0.25, -0.2) is 13.1 Å². The molecule has 0 fully saturated rings. The standard InChI is InChI=1S/C15H23ClN2O6S/c1-11(9-23-3)18-15(19)10-24-14-5-4-12(8-13(14)16)25(20,21)17-6-7-22-2/h4-5,8,11,17H,6-7,9-10H2,1-3H3,(H,18,19)/t11-/m1/s1. The van der Waals surface area contributed by atoms with Crippen LogP contribution in [0.1, 0.15) is 6.92 Å². The molecule has 0 heterocycles. The van der Waals surface area contributed by atoms with Crippen molar-refractivity contribution in [3.05, 3.63) is 23.2 Å². The molecule has 25 heavy (non-hydrogen) atoms. The molecule has 0 aliphatic carbocycles. The molecule has 0 aromatic heterocycles. The first-order valence-corrected chi connectivity index (χ1v) is 9.35. The van der Waals surface area contributed by atoms with Crippen LogP contribution in [0.15, 0.2) is 23.1 Å². The highest BCUT2D eigenvalue weighted by Crippen LogP contribution is 2.27. The van der Waals surface area contributed by atoms with E-state index in [4.69, 9.17) is 25.8 Å². The van der Waals surface area contributed by atoms with E-state index in [9.17, 15) is 13.2 Å². The molecule has 1 atom stereocenters. The van der Waals surface area contributed by atoms with Gasteiger partial charge in [0.05, 0.1) is 23.1 Å². The number of amides is 1. The van der Waals surface area contributed by atoms with E-state index in [1.54, 1.807) is 14.0 Å². The van der Waals surface area contributed by atoms with Crippen molar-refractivity contribution in [1.29, 1.82) is 0 Å². The Balaban J connectivity index is 2.65. The maximum absolute atomic E-state index is 12.1. The van der Waals surface area contributed by atoms with E-state index in [1.807, 2.05) is 0 Å². The average molecular weight is 395 g/mol. The zero-order chi connectivity index (χ0) is 18.9. The molecule has 0 unspecified atom stereocenters. The van der Waals surface area contributed by atoms with Gasteiger partial charge >= 0.3 is 0 Å². The number of ether oxygens (including phenoxy) is 3. The van der Waals surface area contributed by atoms with Gasteiger partial charge in [0.2, 0.25) is 10.0 Å². The van der Waals surface area contributed by atoms with Crippen LogP contribution in [-0.2, 0) is 24.3 Å². The molecule has 0 aliphatic heterocycles. The zero-order valence-corrected chi connectivity index (χ0v) is 15.9. The summed E-state index contributed by atoms with van der Waals surface area (Å²) in [5.74, 6) is -0.120. The van der Waals surface area contributed by atoms with Crippen LogP contribution < -0.4 is 14.8 Å². The molecule has 0 bridgehead atoms. The molecule has 2 N–H and O–H groups in total. The van der Waals surface area contributed by atoms with E-state index in [1.165, 1.54) is 25.3 Å². The van der Waals surface area contributed by atoms with Crippen LogP contribution in [0.5, 0.6) is 5.75 Å². The molecule has 0 saturated heterocycles. The van der Waals surface area contributed by atoms with Crippen LogP contribution in [-0.4, -0.2) is 61.0 Å². The van der Waals surface area contributed by atoms with E-state index in [0.717, 1.165) is 0 Å². The van der Waals surface area contributed by atoms with Crippen LogP contribution >= 0.6 is 11.6 Å². The Hall–Kier alpha value is -1.39. The Morgan fingerprint density at radius 2 is 2.00 bits per heavy atom. The van der Waals surface area contributed by atoms with Crippen molar-refractivity contribution in [3.63, 3.8) is 0 Å². The Labute approximate surface area is 152 Å². The lowest BCUT2D eigenvalue weighted by atomic mass is 10.3. The van der Waals surface area contributed by atoms with Gasteiger partial charge < -0.3 is 19.5 Å². The number of carbonyl (C=O) groups is 1. The number of hydrogen-bond donors (Lipinski definition) is 2. The summed E-state index contributed by atoms with van der Waals surface area (Å²) in [5.41, 5.74) is 0. The van der Waals surface area contributed by atoms with Crippen molar-refractivity contribution < 1.29 is 27.4 Å². The summed E-state index contributed by atoms with van der Waals surface area (Å²) in [7, 11) is -0.672. The number of carbonyl (C=O) groups excluding carboxylic acids is 1. The van der Waals surface area contributed by atoms with Crippen molar-refractivity contribution in [3.8, 4) is 5.75 Å². The van der Waals surface area contributed by atoms with Gasteiger partial charge in [0.25, 0.3) is 5.91 Å². The summed E-state index contributed by atoms with van der Waals surface area (Å²) >= 11 is 6.04. The first-order valence-electron chi connectivity index (χ1n) is 7.49. The molecular formula is C15H23ClN2O6S. The van der Waals surface area contributed by atoms with Crippen LogP contribution in [0.4, 0.5) is 0 Å². The van der Waals surface area contributed by atoms with Crippen LogP contribution in [0.3, 0.4) is 0 Å². The second-order valence-electron chi connectivity index (χ2n) is 5.20. The third-order valence-corrected chi connectivity index (χ3v) is 4.75. The monoisotopic (exact) mass is 394 g/mol. The van der Waals surface area contributed by atoms with Gasteiger partial charge in [-0.15, -0.1) is 0 Å². The molecule has 0 spiro atoms. The number of hydrogen-bond acceptors (Lipinski definition) is 6. The molecule has 10 heteroatoms. The van der Waals surface area contributed by atoms with Gasteiger partial charge in [0, 0.05) is 26.8 Å². The number of sulfonamides is 1. The fourth-order valence-electron chi connectivity index (χ4n) is 1.88. The summed E-state index contributed by atoms with van der Waals surface area (Å²) in [4.78, 5) is 11.7. The first kappa shape index (κ1) is 21.7. The molecule has 0 radical (unpaired) electrons. The second kappa shape index (κ2) is 10.6. The van der Waals surface area contributed by atoms with E-state index >= 15 is 0 Å². The normalized spacial score (nSPS) is 12.6. The summed E-state index contributed by atoms with van der Waals surface area (Å²) < 4.78 is 41.6. The number of benzene rings is 1. The second-order valence-corrected chi connectivity index (χ2v) is 7.37. The van der Waals surface area contributed by atoms with Crippen molar-refractivity contribution in [2.45, 2.75) is 17.9 Å². The topological polar surface area (TPSA) is 103 Å². The maximum Gasteiger partial charge on any atom is 0.258 e. The highest BCUT2D eigenvalue weighted by molar-refractivity contribution is 7.89. The highest BCUT2D eigenvalue weighted by Gasteiger charge is 2.16. The average Bonchev–Trinajstić information content (AvgIpc) is 2.54. The fourth-order valence-corrected chi connectivity index (χ4v) is 3.22. The Morgan fingerprint density at radius 3 is 2.60 bits per heavy atom. The minimum absolute atomic E-state index is 0.000814. The largest absolute Gasteiger partial charge is 0.482 e. The zero-order valence-electron chi connectivity index (χ0n) is 14.4. The van der Waals surface area contributed by atoms with E-state index in [2.05, 4.69) is 10.0 Å². The molecule has 1 rings (SSSR count). The van der Waals surface area contributed by atoms with Crippen LogP contribution in [0, 0.1) is 0 Å². The minimum Gasteiger partial charge on any atom is -0.482 e. The Morgan fingerprint density at radius 1 is 1.28 bits per heavy atom. The lowest BCUT2D eigenvalue weighted by Gasteiger charge is -2.14. The van der Waals surface area contributed by atoms with E-state index < -0.39 is 10.0 Å². The molecule has 142 valence electrons. The summed E-state index contributed by atoms with van der Waals surface area (Å²) in [5, 5.41) is 2.78. The number of halogens is 1. The summed E-state index contributed by atoms with van der Waals surface area (Å²) in [6.07, 6.45) is 0. The molecule has 1 amide bonds. The van der Waals surface area contributed by atoms with Crippen molar-refractivity contribution in [2.24, 2.45) is 0 Å². The maximum atomic E-state index is 12.1. The molecule has 0 aliphatic rings. The minimum atomic E-state index is -3.69. The van der Waals surface area contributed by atoms with Gasteiger partial charge in [-0.2, -0.15) is 0 Å². The molecule has 1 aromatic rings. The van der Waals surface area contributed by atoms with Crippen LogP contribution in [0.2, 0.25) is 5.02 Å². The number of methoxy groups -OCH3 is 2. The van der Waals surface area contributed by atoms with Crippen molar-refractivity contribution in [2.75, 3.05) is 40.6 Å². The van der Waals surface area contributed by atoms with Gasteiger partial charge in [-0.05, 0) is 25.1 Å². The Kier molecular flexibility index (Phi) is 9.15. The van der Waals surface area contributed by atoms with Gasteiger partial charge in [0.1, 0.15) is 5.75 Å². The lowest BCUT2D eigenvalue weighted by molar-refractivity contribution is -0.124. The number of nitrogens with one attached hydrogen (secondary N) is 2. The third kappa shape index (κ3) is 7.57. The fraction of sp³-hybridized carbons (Fsp3) is 0.533. The first-order chi connectivity index (χ1) is 11.8. The van der Waals surface area contributed by atoms with E-state index in [0.29, 0.717) is 6.61 Å². The van der Waals surface area contributed by atoms with Gasteiger partial charge in [-0.1, -0.05) is 11.6 Å². The van der Waals surface area contributed by atoms with Crippen molar-refractivity contribution >= 4 is 27.5 Å². The lowest BCUT2D eigenvalue weighted by Crippen LogP contribution is -2.38.